The van der Waals surface area contributed by atoms with Gasteiger partial charge in [-0.3, -0.25) is 14.6 Å². The Morgan fingerprint density at radius 2 is 1.94 bits per heavy atom. The molecule has 2 aromatic rings. The van der Waals surface area contributed by atoms with E-state index in [1.54, 1.807) is 12.1 Å². The first-order valence-corrected chi connectivity index (χ1v) is 11.0. The van der Waals surface area contributed by atoms with Gasteiger partial charge in [0.05, 0.1) is 23.8 Å². The minimum absolute atomic E-state index is 0.0315. The fraction of sp³-hybridized carbons (Fsp3) is 0.435. The summed E-state index contributed by atoms with van der Waals surface area (Å²) in [5.41, 5.74) is -1.11. The monoisotopic (exact) mass is 477 g/mol. The van der Waals surface area contributed by atoms with Gasteiger partial charge in [0.1, 0.15) is 23.0 Å². The van der Waals surface area contributed by atoms with Gasteiger partial charge in [0.25, 0.3) is 11.8 Å². The molecule has 3 fully saturated rings. The largest absolute Gasteiger partial charge is 0.497 e. The van der Waals surface area contributed by atoms with E-state index in [2.05, 4.69) is 15.6 Å². The van der Waals surface area contributed by atoms with Crippen molar-refractivity contribution in [1.82, 2.24) is 15.6 Å². The van der Waals surface area contributed by atoms with Crippen molar-refractivity contribution in [3.05, 3.63) is 53.1 Å². The first kappa shape index (κ1) is 23.3. The lowest BCUT2D eigenvalue weighted by Crippen LogP contribution is -2.70. The number of hydrogen-bond donors (Lipinski definition) is 3. The smallest absolute Gasteiger partial charge is 0.270 e. The second-order valence-corrected chi connectivity index (χ2v) is 9.01. The van der Waals surface area contributed by atoms with E-state index in [9.17, 15) is 19.1 Å². The molecule has 3 aliphatic carbocycles. The molecule has 1 atom stereocenters. The zero-order valence-electron chi connectivity index (χ0n) is 18.1. The fourth-order valence-corrected chi connectivity index (χ4v) is 4.78. The van der Waals surface area contributed by atoms with Gasteiger partial charge in [-0.15, -0.1) is 0 Å². The van der Waals surface area contributed by atoms with Gasteiger partial charge in [0, 0.05) is 23.9 Å². The molecule has 1 heterocycles. The molecule has 8 nitrogen and oxygen atoms in total. The highest BCUT2D eigenvalue weighted by Gasteiger charge is 2.55. The lowest BCUT2D eigenvalue weighted by atomic mass is 9.60. The van der Waals surface area contributed by atoms with Gasteiger partial charge in [-0.05, 0) is 50.3 Å². The van der Waals surface area contributed by atoms with Crippen LogP contribution in [0.2, 0.25) is 5.02 Å². The number of fused-ring (bicyclic) bond motifs is 3. The minimum atomic E-state index is -0.838. The number of amides is 2. The van der Waals surface area contributed by atoms with Crippen LogP contribution in [-0.2, 0) is 4.79 Å². The van der Waals surface area contributed by atoms with Crippen LogP contribution >= 0.6 is 11.6 Å². The van der Waals surface area contributed by atoms with E-state index in [-0.39, 0.29) is 29.0 Å². The first-order valence-electron chi connectivity index (χ1n) is 10.6. The lowest BCUT2D eigenvalue weighted by molar-refractivity contribution is -0.132. The molecule has 1 aromatic heterocycles. The van der Waals surface area contributed by atoms with Crippen LogP contribution in [0.4, 0.5) is 4.39 Å². The number of aliphatic hydroxyl groups excluding tert-OH is 1. The van der Waals surface area contributed by atoms with Crippen molar-refractivity contribution in [3.63, 3.8) is 0 Å². The second kappa shape index (κ2) is 9.15. The standard InChI is InChI=1S/C23H25ClFN3O5/c1-32-14-4-9-26-18(11-14)21(31)28-22-5-7-23(8-6-22,19(29)12-22)27-20(30)13-33-15-2-3-16(24)17(25)10-15/h2-4,9-11,19,29H,5-8,12-13H2,1H3,(H,27,30)(H,28,31)/t19-,22?,23?/m0/s1. The van der Waals surface area contributed by atoms with Gasteiger partial charge in [-0.2, -0.15) is 0 Å². The fourth-order valence-electron chi connectivity index (χ4n) is 4.66. The van der Waals surface area contributed by atoms with E-state index in [1.165, 1.54) is 25.4 Å². The van der Waals surface area contributed by atoms with Crippen LogP contribution in [0.5, 0.6) is 11.5 Å². The zero-order valence-corrected chi connectivity index (χ0v) is 18.8. The zero-order chi connectivity index (χ0) is 23.6. The summed E-state index contributed by atoms with van der Waals surface area (Å²) in [5.74, 6) is -0.659. The van der Waals surface area contributed by atoms with Crippen molar-refractivity contribution in [2.45, 2.75) is 49.3 Å². The predicted octanol–water partition coefficient (Wildman–Crippen LogP) is 2.62. The maximum atomic E-state index is 13.5. The molecule has 5 rings (SSSR count). The van der Waals surface area contributed by atoms with E-state index in [4.69, 9.17) is 21.1 Å². The number of methoxy groups -OCH3 is 1. The third-order valence-corrected chi connectivity index (χ3v) is 6.86. The van der Waals surface area contributed by atoms with Crippen molar-refractivity contribution >= 4 is 23.4 Å². The number of nitrogens with one attached hydrogen (secondary N) is 2. The lowest BCUT2D eigenvalue weighted by Gasteiger charge is -2.56. The Hall–Kier alpha value is -2.91. The average Bonchev–Trinajstić information content (AvgIpc) is 2.81. The van der Waals surface area contributed by atoms with Gasteiger partial charge in [0.2, 0.25) is 0 Å². The Balaban J connectivity index is 1.35. The van der Waals surface area contributed by atoms with Crippen molar-refractivity contribution in [3.8, 4) is 11.5 Å². The molecule has 1 aromatic carbocycles. The maximum absolute atomic E-state index is 13.5. The topological polar surface area (TPSA) is 110 Å². The van der Waals surface area contributed by atoms with E-state index in [1.807, 2.05) is 0 Å². The van der Waals surface area contributed by atoms with Crippen molar-refractivity contribution in [2.75, 3.05) is 13.7 Å². The molecule has 0 spiro atoms. The van der Waals surface area contributed by atoms with E-state index in [0.29, 0.717) is 37.9 Å². The van der Waals surface area contributed by atoms with Crippen molar-refractivity contribution in [2.24, 2.45) is 0 Å². The molecular formula is C23H25ClFN3O5. The van der Waals surface area contributed by atoms with E-state index in [0.717, 1.165) is 6.07 Å². The number of aliphatic hydroxyl groups is 1. The van der Waals surface area contributed by atoms with Gasteiger partial charge < -0.3 is 25.2 Å². The predicted molar refractivity (Wildman–Crippen MR) is 118 cm³/mol. The number of halogens is 2. The van der Waals surface area contributed by atoms with Crippen molar-refractivity contribution < 1.29 is 28.6 Å². The van der Waals surface area contributed by atoms with Crippen LogP contribution in [-0.4, -0.2) is 52.8 Å². The molecule has 10 heteroatoms. The second-order valence-electron chi connectivity index (χ2n) is 8.60. The summed E-state index contributed by atoms with van der Waals surface area (Å²) in [7, 11) is 1.51. The summed E-state index contributed by atoms with van der Waals surface area (Å²) in [5, 5.41) is 16.8. The summed E-state index contributed by atoms with van der Waals surface area (Å²) in [4.78, 5) is 29.4. The quantitative estimate of drug-likeness (QED) is 0.565. The number of rotatable bonds is 7. The highest BCUT2D eigenvalue weighted by atomic mass is 35.5. The van der Waals surface area contributed by atoms with Crippen LogP contribution in [0.3, 0.4) is 0 Å². The summed E-state index contributed by atoms with van der Waals surface area (Å²) < 4.78 is 24.0. The molecule has 3 N–H and O–H groups in total. The molecule has 3 aliphatic rings. The van der Waals surface area contributed by atoms with Crippen molar-refractivity contribution in [1.29, 1.82) is 0 Å². The number of nitrogens with zero attached hydrogens (tertiary/aromatic N) is 1. The third kappa shape index (κ3) is 4.89. The van der Waals surface area contributed by atoms with Crippen LogP contribution in [0, 0.1) is 5.82 Å². The normalized spacial score (nSPS) is 25.9. The molecule has 2 amide bonds. The Morgan fingerprint density at radius 3 is 2.61 bits per heavy atom. The molecule has 0 aliphatic heterocycles. The summed E-state index contributed by atoms with van der Waals surface area (Å²) in [6.07, 6.45) is 3.18. The molecular weight excluding hydrogens is 453 g/mol. The highest BCUT2D eigenvalue weighted by Crippen LogP contribution is 2.47. The molecule has 33 heavy (non-hydrogen) atoms. The van der Waals surface area contributed by atoms with Crippen LogP contribution < -0.4 is 20.1 Å². The van der Waals surface area contributed by atoms with Gasteiger partial charge in [-0.1, -0.05) is 11.6 Å². The van der Waals surface area contributed by atoms with E-state index >= 15 is 0 Å². The molecule has 176 valence electrons. The number of carbonyl (C=O) groups excluding carboxylic acids is 2. The van der Waals surface area contributed by atoms with Gasteiger partial charge in [0.15, 0.2) is 6.61 Å². The number of aromatic nitrogens is 1. The Labute approximate surface area is 195 Å². The average molecular weight is 478 g/mol. The maximum Gasteiger partial charge on any atom is 0.270 e. The minimum Gasteiger partial charge on any atom is -0.497 e. The molecule has 3 saturated carbocycles. The Bertz CT molecular complexity index is 1060. The number of benzene rings is 1. The number of ether oxygens (including phenoxy) is 2. The third-order valence-electron chi connectivity index (χ3n) is 6.55. The van der Waals surface area contributed by atoms with Crippen LogP contribution in [0.1, 0.15) is 42.6 Å². The molecule has 0 unspecified atom stereocenters. The SMILES string of the molecule is COc1ccnc(C(=O)NC23CCC(NC(=O)COc4ccc(Cl)c(F)c4)(CC2)[C@@H](O)C3)c1. The number of pyridine rings is 1. The van der Waals surface area contributed by atoms with E-state index < -0.39 is 28.9 Å². The molecule has 2 bridgehead atoms. The van der Waals surface area contributed by atoms with Gasteiger partial charge >= 0.3 is 0 Å². The summed E-state index contributed by atoms with van der Waals surface area (Å²) in [6.45, 7) is -0.321. The Kier molecular flexibility index (Phi) is 6.45. The number of hydrogen-bond acceptors (Lipinski definition) is 6. The number of carbonyl (C=O) groups is 2. The first-order chi connectivity index (χ1) is 15.7. The summed E-state index contributed by atoms with van der Waals surface area (Å²) in [6, 6.07) is 7.15. The molecule has 0 saturated heterocycles. The summed E-state index contributed by atoms with van der Waals surface area (Å²) >= 11 is 5.65. The van der Waals surface area contributed by atoms with Crippen LogP contribution in [0.15, 0.2) is 36.5 Å². The van der Waals surface area contributed by atoms with Crippen LogP contribution in [0.25, 0.3) is 0 Å². The Morgan fingerprint density at radius 1 is 1.18 bits per heavy atom. The molecule has 0 radical (unpaired) electrons. The highest BCUT2D eigenvalue weighted by molar-refractivity contribution is 6.30. The van der Waals surface area contributed by atoms with Gasteiger partial charge in [-0.25, -0.2) is 4.39 Å².